The van der Waals surface area contributed by atoms with E-state index in [1.54, 1.807) is 6.07 Å². The molecule has 1 aromatic carbocycles. The Morgan fingerprint density at radius 1 is 1.30 bits per heavy atom. The van der Waals surface area contributed by atoms with Gasteiger partial charge < -0.3 is 5.32 Å². The molecule has 1 aromatic rings. The van der Waals surface area contributed by atoms with E-state index in [0.717, 1.165) is 42.1 Å². The molecule has 1 aliphatic heterocycles. The van der Waals surface area contributed by atoms with Crippen LogP contribution in [0.4, 0.5) is 4.39 Å². The van der Waals surface area contributed by atoms with Crippen LogP contribution in [0, 0.1) is 11.7 Å². The summed E-state index contributed by atoms with van der Waals surface area (Å²) in [6.07, 6.45) is 5.13. The van der Waals surface area contributed by atoms with Crippen LogP contribution in [0.15, 0.2) is 22.7 Å². The van der Waals surface area contributed by atoms with Crippen molar-refractivity contribution < 1.29 is 4.39 Å². The standard InChI is InChI=1S/C16H22BrFN2/c17-14-4-3-13(16(18)8-14)11-20(15-5-6-15)10-12-2-1-7-19-9-12/h3-4,8,12,15,19H,1-2,5-7,9-11H2. The van der Waals surface area contributed by atoms with Gasteiger partial charge in [0.15, 0.2) is 0 Å². The van der Waals surface area contributed by atoms with E-state index in [4.69, 9.17) is 0 Å². The molecule has 2 fully saturated rings. The van der Waals surface area contributed by atoms with E-state index in [1.807, 2.05) is 12.1 Å². The summed E-state index contributed by atoms with van der Waals surface area (Å²) in [6.45, 7) is 4.13. The lowest BCUT2D eigenvalue weighted by molar-refractivity contribution is 0.191. The van der Waals surface area contributed by atoms with Crippen molar-refractivity contribution in [2.75, 3.05) is 19.6 Å². The van der Waals surface area contributed by atoms with Gasteiger partial charge in [-0.2, -0.15) is 0 Å². The summed E-state index contributed by atoms with van der Waals surface area (Å²) in [5, 5.41) is 3.48. The van der Waals surface area contributed by atoms with E-state index in [9.17, 15) is 4.39 Å². The largest absolute Gasteiger partial charge is 0.316 e. The summed E-state index contributed by atoms with van der Waals surface area (Å²) < 4.78 is 14.8. The fraction of sp³-hybridized carbons (Fsp3) is 0.625. The van der Waals surface area contributed by atoms with Gasteiger partial charge in [-0.05, 0) is 56.8 Å². The van der Waals surface area contributed by atoms with Crippen LogP contribution in [-0.2, 0) is 6.54 Å². The van der Waals surface area contributed by atoms with Gasteiger partial charge in [-0.25, -0.2) is 4.39 Å². The molecular formula is C16H22BrFN2. The zero-order valence-corrected chi connectivity index (χ0v) is 13.3. The Morgan fingerprint density at radius 3 is 2.80 bits per heavy atom. The Kier molecular flexibility index (Phi) is 4.74. The Morgan fingerprint density at radius 2 is 2.15 bits per heavy atom. The Balaban J connectivity index is 1.64. The summed E-state index contributed by atoms with van der Waals surface area (Å²) in [5.41, 5.74) is 0.823. The maximum Gasteiger partial charge on any atom is 0.128 e. The normalized spacial score (nSPS) is 23.2. The first-order valence-corrected chi connectivity index (χ1v) is 8.40. The quantitative estimate of drug-likeness (QED) is 0.881. The molecule has 0 amide bonds. The molecule has 0 bridgehead atoms. The highest BCUT2D eigenvalue weighted by molar-refractivity contribution is 9.10. The molecule has 1 N–H and O–H groups in total. The lowest BCUT2D eigenvalue weighted by Crippen LogP contribution is -2.39. The summed E-state index contributed by atoms with van der Waals surface area (Å²) in [6, 6.07) is 6.10. The van der Waals surface area contributed by atoms with E-state index in [0.29, 0.717) is 6.04 Å². The average molecular weight is 341 g/mol. The molecule has 1 heterocycles. The molecule has 2 nitrogen and oxygen atoms in total. The van der Waals surface area contributed by atoms with Gasteiger partial charge in [0.1, 0.15) is 5.82 Å². The Hall–Kier alpha value is -0.450. The average Bonchev–Trinajstić information content (AvgIpc) is 3.26. The van der Waals surface area contributed by atoms with Crippen LogP contribution in [0.25, 0.3) is 0 Å². The lowest BCUT2D eigenvalue weighted by atomic mass is 9.98. The van der Waals surface area contributed by atoms with E-state index in [-0.39, 0.29) is 5.82 Å². The molecule has 0 radical (unpaired) electrons. The van der Waals surface area contributed by atoms with Gasteiger partial charge in [0.25, 0.3) is 0 Å². The van der Waals surface area contributed by atoms with Crippen molar-refractivity contribution in [3.63, 3.8) is 0 Å². The second-order valence-electron chi connectivity index (χ2n) is 6.11. The number of piperidine rings is 1. The third-order valence-electron chi connectivity index (χ3n) is 4.34. The molecule has 2 aliphatic rings. The number of halogens is 2. The molecule has 1 saturated heterocycles. The smallest absolute Gasteiger partial charge is 0.128 e. The van der Waals surface area contributed by atoms with Crippen molar-refractivity contribution in [2.24, 2.45) is 5.92 Å². The second-order valence-corrected chi connectivity index (χ2v) is 7.02. The zero-order valence-electron chi connectivity index (χ0n) is 11.7. The first-order chi connectivity index (χ1) is 9.72. The number of hydrogen-bond donors (Lipinski definition) is 1. The van der Waals surface area contributed by atoms with Crippen LogP contribution < -0.4 is 5.32 Å². The molecule has 20 heavy (non-hydrogen) atoms. The minimum Gasteiger partial charge on any atom is -0.316 e. The third-order valence-corrected chi connectivity index (χ3v) is 4.84. The van der Waals surface area contributed by atoms with E-state index < -0.39 is 0 Å². The molecule has 1 unspecified atom stereocenters. The van der Waals surface area contributed by atoms with Crippen molar-refractivity contribution in [2.45, 2.75) is 38.3 Å². The molecule has 1 aliphatic carbocycles. The first kappa shape index (κ1) is 14.5. The number of hydrogen-bond acceptors (Lipinski definition) is 2. The topological polar surface area (TPSA) is 15.3 Å². The second kappa shape index (κ2) is 6.54. The van der Waals surface area contributed by atoms with Gasteiger partial charge in [0.05, 0.1) is 0 Å². The molecule has 1 saturated carbocycles. The fourth-order valence-electron chi connectivity index (χ4n) is 3.06. The molecule has 1 atom stereocenters. The number of rotatable bonds is 5. The summed E-state index contributed by atoms with van der Waals surface area (Å²) in [7, 11) is 0. The number of benzene rings is 1. The van der Waals surface area contributed by atoms with Crippen molar-refractivity contribution in [3.05, 3.63) is 34.1 Å². The predicted octanol–water partition coefficient (Wildman–Crippen LogP) is 3.55. The minimum absolute atomic E-state index is 0.0909. The van der Waals surface area contributed by atoms with Gasteiger partial charge in [0, 0.05) is 29.2 Å². The van der Waals surface area contributed by atoms with Gasteiger partial charge in [0.2, 0.25) is 0 Å². The summed E-state index contributed by atoms with van der Waals surface area (Å²) in [4.78, 5) is 2.49. The van der Waals surface area contributed by atoms with E-state index >= 15 is 0 Å². The highest BCUT2D eigenvalue weighted by Crippen LogP contribution is 2.30. The molecule has 4 heteroatoms. The maximum absolute atomic E-state index is 14.0. The number of nitrogens with one attached hydrogen (secondary N) is 1. The monoisotopic (exact) mass is 340 g/mol. The third kappa shape index (κ3) is 3.80. The Labute approximate surface area is 128 Å². The SMILES string of the molecule is Fc1cc(Br)ccc1CN(CC1CCCNC1)C1CC1. The van der Waals surface area contributed by atoms with Gasteiger partial charge in [-0.1, -0.05) is 22.0 Å². The van der Waals surface area contributed by atoms with Crippen molar-refractivity contribution in [3.8, 4) is 0 Å². The van der Waals surface area contributed by atoms with Gasteiger partial charge >= 0.3 is 0 Å². The zero-order chi connectivity index (χ0) is 13.9. The van der Waals surface area contributed by atoms with Crippen LogP contribution >= 0.6 is 15.9 Å². The lowest BCUT2D eigenvalue weighted by Gasteiger charge is -2.30. The molecule has 0 spiro atoms. The molecule has 3 rings (SSSR count). The number of nitrogens with zero attached hydrogens (tertiary/aromatic N) is 1. The maximum atomic E-state index is 14.0. The van der Waals surface area contributed by atoms with Crippen LogP contribution in [0.5, 0.6) is 0 Å². The first-order valence-electron chi connectivity index (χ1n) is 7.61. The van der Waals surface area contributed by atoms with Gasteiger partial charge in [-0.3, -0.25) is 4.90 Å². The van der Waals surface area contributed by atoms with Crippen molar-refractivity contribution in [1.82, 2.24) is 10.2 Å². The molecule has 110 valence electrons. The predicted molar refractivity (Wildman–Crippen MR) is 83.1 cm³/mol. The highest BCUT2D eigenvalue weighted by Gasteiger charge is 2.31. The van der Waals surface area contributed by atoms with Crippen LogP contribution in [0.1, 0.15) is 31.2 Å². The minimum atomic E-state index is -0.0909. The summed E-state index contributed by atoms with van der Waals surface area (Å²) >= 11 is 3.32. The fourth-order valence-corrected chi connectivity index (χ4v) is 3.40. The van der Waals surface area contributed by atoms with Crippen molar-refractivity contribution in [1.29, 1.82) is 0 Å². The highest BCUT2D eigenvalue weighted by atomic mass is 79.9. The van der Waals surface area contributed by atoms with E-state index in [2.05, 4.69) is 26.1 Å². The molecular weight excluding hydrogens is 319 g/mol. The van der Waals surface area contributed by atoms with Crippen LogP contribution in [0.3, 0.4) is 0 Å². The van der Waals surface area contributed by atoms with Crippen LogP contribution in [-0.4, -0.2) is 30.6 Å². The summed E-state index contributed by atoms with van der Waals surface area (Å²) in [5.74, 6) is 0.634. The van der Waals surface area contributed by atoms with Crippen molar-refractivity contribution >= 4 is 15.9 Å². The van der Waals surface area contributed by atoms with E-state index in [1.165, 1.54) is 25.7 Å². The van der Waals surface area contributed by atoms with Crippen LogP contribution in [0.2, 0.25) is 0 Å². The van der Waals surface area contributed by atoms with Gasteiger partial charge in [-0.15, -0.1) is 0 Å². The Bertz CT molecular complexity index is 456. The molecule has 0 aromatic heterocycles.